The van der Waals surface area contributed by atoms with Crippen molar-refractivity contribution in [2.75, 3.05) is 26.4 Å². The summed E-state index contributed by atoms with van der Waals surface area (Å²) in [7, 11) is 0. The van der Waals surface area contributed by atoms with Crippen molar-refractivity contribution in [3.8, 4) is 0 Å². The number of carbonyl (C=O) groups is 1. The Balaban J connectivity index is 1.73. The summed E-state index contributed by atoms with van der Waals surface area (Å²) in [4.78, 5) is 11.7. The number of hydrogen-bond donors (Lipinski definition) is 2. The van der Waals surface area contributed by atoms with E-state index in [1.165, 1.54) is 0 Å². The highest BCUT2D eigenvalue weighted by molar-refractivity contribution is 5.74. The lowest BCUT2D eigenvalue weighted by Crippen LogP contribution is -2.51. The van der Waals surface area contributed by atoms with Gasteiger partial charge < -0.3 is 20.1 Å². The highest BCUT2D eigenvalue weighted by atomic mass is 16.6. The van der Waals surface area contributed by atoms with Gasteiger partial charge in [-0.2, -0.15) is 0 Å². The standard InChI is InChI=1S/C13H24N2O3/c1-2-3-6-14-12(16)15-11-4-7-18-13(9-11)5-8-17-10-13/h11H,2-10H2,1H3,(H2,14,15,16)/t11-,13-/m0/s1. The lowest BCUT2D eigenvalue weighted by atomic mass is 9.90. The topological polar surface area (TPSA) is 59.6 Å². The first-order valence-electron chi connectivity index (χ1n) is 7.00. The van der Waals surface area contributed by atoms with Crippen LogP contribution < -0.4 is 10.6 Å². The van der Waals surface area contributed by atoms with Gasteiger partial charge in [0.2, 0.25) is 0 Å². The van der Waals surface area contributed by atoms with Gasteiger partial charge in [-0.15, -0.1) is 0 Å². The summed E-state index contributed by atoms with van der Waals surface area (Å²) >= 11 is 0. The van der Waals surface area contributed by atoms with E-state index in [0.717, 1.165) is 45.3 Å². The zero-order chi connectivity index (χ0) is 12.8. The fraction of sp³-hybridized carbons (Fsp3) is 0.923. The number of ether oxygens (including phenoxy) is 2. The molecule has 2 saturated heterocycles. The van der Waals surface area contributed by atoms with Gasteiger partial charge in [0.15, 0.2) is 0 Å². The second-order valence-corrected chi connectivity index (χ2v) is 5.28. The molecule has 2 heterocycles. The predicted molar refractivity (Wildman–Crippen MR) is 68.6 cm³/mol. The molecular weight excluding hydrogens is 232 g/mol. The zero-order valence-corrected chi connectivity index (χ0v) is 11.2. The highest BCUT2D eigenvalue weighted by Crippen LogP contribution is 2.32. The molecule has 0 aliphatic carbocycles. The third-order valence-electron chi connectivity index (χ3n) is 3.71. The molecule has 0 aromatic heterocycles. The lowest BCUT2D eigenvalue weighted by Gasteiger charge is -2.37. The van der Waals surface area contributed by atoms with E-state index < -0.39 is 0 Å². The van der Waals surface area contributed by atoms with E-state index >= 15 is 0 Å². The average Bonchev–Trinajstić information content (AvgIpc) is 2.77. The van der Waals surface area contributed by atoms with Gasteiger partial charge in [-0.05, 0) is 19.3 Å². The van der Waals surface area contributed by atoms with Gasteiger partial charge in [-0.25, -0.2) is 4.79 Å². The molecule has 2 N–H and O–H groups in total. The normalized spacial score (nSPS) is 31.5. The van der Waals surface area contributed by atoms with Crippen LogP contribution in [0.5, 0.6) is 0 Å². The van der Waals surface area contributed by atoms with E-state index in [1.807, 2.05) is 0 Å². The first kappa shape index (κ1) is 13.6. The molecule has 2 amide bonds. The molecular formula is C13H24N2O3. The van der Waals surface area contributed by atoms with Crippen molar-refractivity contribution in [2.24, 2.45) is 0 Å². The second kappa shape index (κ2) is 6.38. The van der Waals surface area contributed by atoms with Gasteiger partial charge in [-0.1, -0.05) is 13.3 Å². The van der Waals surface area contributed by atoms with Gasteiger partial charge >= 0.3 is 6.03 Å². The average molecular weight is 256 g/mol. The molecule has 0 saturated carbocycles. The fourth-order valence-electron chi connectivity index (χ4n) is 2.63. The molecule has 1 spiro atoms. The van der Waals surface area contributed by atoms with Crippen molar-refractivity contribution in [3.63, 3.8) is 0 Å². The zero-order valence-electron chi connectivity index (χ0n) is 11.2. The minimum atomic E-state index is -0.139. The molecule has 2 aliphatic heterocycles. The Kier molecular flexibility index (Phi) is 4.83. The quantitative estimate of drug-likeness (QED) is 0.748. The van der Waals surface area contributed by atoms with Gasteiger partial charge in [0.25, 0.3) is 0 Å². The molecule has 2 aliphatic rings. The van der Waals surface area contributed by atoms with Crippen molar-refractivity contribution < 1.29 is 14.3 Å². The van der Waals surface area contributed by atoms with E-state index in [2.05, 4.69) is 17.6 Å². The van der Waals surface area contributed by atoms with E-state index in [1.54, 1.807) is 0 Å². The van der Waals surface area contributed by atoms with Crippen LogP contribution in [0.25, 0.3) is 0 Å². The maximum Gasteiger partial charge on any atom is 0.315 e. The van der Waals surface area contributed by atoms with Crippen molar-refractivity contribution >= 4 is 6.03 Å². The summed E-state index contributed by atoms with van der Waals surface area (Å²) in [5, 5.41) is 5.93. The number of urea groups is 1. The summed E-state index contributed by atoms with van der Waals surface area (Å²) in [5.41, 5.74) is -0.139. The molecule has 2 atom stereocenters. The Bertz CT molecular complexity index is 277. The summed E-state index contributed by atoms with van der Waals surface area (Å²) in [6.45, 7) is 5.02. The number of unbranched alkanes of at least 4 members (excludes halogenated alkanes) is 1. The minimum Gasteiger partial charge on any atom is -0.378 e. The molecule has 18 heavy (non-hydrogen) atoms. The molecule has 5 nitrogen and oxygen atoms in total. The van der Waals surface area contributed by atoms with Crippen molar-refractivity contribution in [1.29, 1.82) is 0 Å². The van der Waals surface area contributed by atoms with Crippen LogP contribution >= 0.6 is 0 Å². The summed E-state index contributed by atoms with van der Waals surface area (Å²) in [5.74, 6) is 0. The first-order chi connectivity index (χ1) is 8.74. The highest BCUT2D eigenvalue weighted by Gasteiger charge is 2.41. The van der Waals surface area contributed by atoms with E-state index in [9.17, 15) is 4.79 Å². The molecule has 0 aromatic rings. The SMILES string of the molecule is CCCCNC(=O)N[C@H]1CCO[C@@]2(CCOC2)C1. The molecule has 0 radical (unpaired) electrons. The Labute approximate surface area is 109 Å². The number of carbonyl (C=O) groups excluding carboxylic acids is 1. The number of amides is 2. The summed E-state index contributed by atoms with van der Waals surface area (Å²) in [6, 6.07) is 0.159. The summed E-state index contributed by atoms with van der Waals surface area (Å²) < 4.78 is 11.3. The molecule has 0 bridgehead atoms. The molecule has 5 heteroatoms. The molecule has 2 fully saturated rings. The van der Waals surface area contributed by atoms with Crippen LogP contribution in [0.3, 0.4) is 0 Å². The number of nitrogens with one attached hydrogen (secondary N) is 2. The third-order valence-corrected chi connectivity index (χ3v) is 3.71. The Morgan fingerprint density at radius 3 is 3.06 bits per heavy atom. The van der Waals surface area contributed by atoms with Crippen molar-refractivity contribution in [3.05, 3.63) is 0 Å². The second-order valence-electron chi connectivity index (χ2n) is 5.28. The van der Waals surface area contributed by atoms with Crippen molar-refractivity contribution in [2.45, 2.75) is 50.7 Å². The van der Waals surface area contributed by atoms with Crippen LogP contribution in [0.2, 0.25) is 0 Å². The van der Waals surface area contributed by atoms with Crippen LogP contribution in [-0.4, -0.2) is 44.0 Å². The number of rotatable bonds is 4. The first-order valence-corrected chi connectivity index (χ1v) is 7.00. The minimum absolute atomic E-state index is 0.0515. The molecule has 0 unspecified atom stereocenters. The van der Waals surface area contributed by atoms with Crippen LogP contribution in [-0.2, 0) is 9.47 Å². The lowest BCUT2D eigenvalue weighted by molar-refractivity contribution is -0.0878. The van der Waals surface area contributed by atoms with Crippen LogP contribution in [0.1, 0.15) is 39.0 Å². The van der Waals surface area contributed by atoms with E-state index in [-0.39, 0.29) is 17.7 Å². The monoisotopic (exact) mass is 256 g/mol. The molecule has 0 aromatic carbocycles. The number of hydrogen-bond acceptors (Lipinski definition) is 3. The smallest absolute Gasteiger partial charge is 0.315 e. The molecule has 104 valence electrons. The van der Waals surface area contributed by atoms with Crippen LogP contribution in [0.4, 0.5) is 4.79 Å². The maximum atomic E-state index is 11.7. The van der Waals surface area contributed by atoms with Crippen LogP contribution in [0.15, 0.2) is 0 Å². The summed E-state index contributed by atoms with van der Waals surface area (Å²) in [6.07, 6.45) is 4.83. The van der Waals surface area contributed by atoms with Gasteiger partial charge in [0, 0.05) is 32.2 Å². The maximum absolute atomic E-state index is 11.7. The largest absolute Gasteiger partial charge is 0.378 e. The third kappa shape index (κ3) is 3.59. The Morgan fingerprint density at radius 2 is 2.33 bits per heavy atom. The van der Waals surface area contributed by atoms with Gasteiger partial charge in [0.05, 0.1) is 12.2 Å². The Morgan fingerprint density at radius 1 is 1.44 bits per heavy atom. The van der Waals surface area contributed by atoms with Gasteiger partial charge in [0.1, 0.15) is 0 Å². The van der Waals surface area contributed by atoms with Gasteiger partial charge in [-0.3, -0.25) is 0 Å². The van der Waals surface area contributed by atoms with E-state index in [0.29, 0.717) is 13.2 Å². The van der Waals surface area contributed by atoms with E-state index in [4.69, 9.17) is 9.47 Å². The molecule has 2 rings (SSSR count). The fourth-order valence-corrected chi connectivity index (χ4v) is 2.63. The van der Waals surface area contributed by atoms with Crippen molar-refractivity contribution in [1.82, 2.24) is 10.6 Å². The predicted octanol–water partition coefficient (Wildman–Crippen LogP) is 1.42. The Hall–Kier alpha value is -0.810. The van der Waals surface area contributed by atoms with Crippen LogP contribution in [0, 0.1) is 0 Å².